The van der Waals surface area contributed by atoms with E-state index in [4.69, 9.17) is 4.74 Å². The first kappa shape index (κ1) is 19.2. The van der Waals surface area contributed by atoms with Crippen molar-refractivity contribution in [1.29, 1.82) is 0 Å². The molecule has 1 fully saturated rings. The third kappa shape index (κ3) is 3.77. The Labute approximate surface area is 161 Å². The lowest BCUT2D eigenvalue weighted by Crippen LogP contribution is -2.37. The van der Waals surface area contributed by atoms with Crippen molar-refractivity contribution in [2.45, 2.75) is 45.1 Å². The average Bonchev–Trinajstić information content (AvgIpc) is 2.92. The van der Waals surface area contributed by atoms with Crippen LogP contribution in [0.15, 0.2) is 41.1 Å². The molecule has 1 heterocycles. The van der Waals surface area contributed by atoms with Gasteiger partial charge in [-0.15, -0.1) is 0 Å². The van der Waals surface area contributed by atoms with Crippen molar-refractivity contribution in [3.05, 3.63) is 46.7 Å². The molecule has 0 aromatic heterocycles. The first-order valence-corrected chi connectivity index (χ1v) is 9.56. The fourth-order valence-electron chi connectivity index (χ4n) is 4.01. The summed E-state index contributed by atoms with van der Waals surface area (Å²) in [5.74, 6) is -0.535. The highest BCUT2D eigenvalue weighted by atomic mass is 16.5. The number of rotatable bonds is 4. The van der Waals surface area contributed by atoms with E-state index in [2.05, 4.69) is 0 Å². The summed E-state index contributed by atoms with van der Waals surface area (Å²) in [5.41, 5.74) is 3.52. The molecule has 0 atom stereocenters. The van der Waals surface area contributed by atoms with Gasteiger partial charge >= 0.3 is 5.97 Å². The second-order valence-electron chi connectivity index (χ2n) is 7.46. The van der Waals surface area contributed by atoms with Gasteiger partial charge in [0.1, 0.15) is 0 Å². The SMILES string of the molecule is COC(=O)C1=C(C)N(C2CCCCC2)C(=O)/C1=C/c1ccc(N(C)C)cc1. The molecule has 2 aliphatic rings. The molecule has 5 heteroatoms. The molecular weight excluding hydrogens is 340 g/mol. The quantitative estimate of drug-likeness (QED) is 0.600. The van der Waals surface area contributed by atoms with Gasteiger partial charge in [-0.05, 0) is 43.5 Å². The zero-order valence-electron chi connectivity index (χ0n) is 16.6. The number of ether oxygens (including phenoxy) is 1. The van der Waals surface area contributed by atoms with Crippen LogP contribution in [0, 0.1) is 0 Å². The molecule has 1 aliphatic carbocycles. The molecule has 1 aliphatic heterocycles. The van der Waals surface area contributed by atoms with Gasteiger partial charge in [-0.3, -0.25) is 4.79 Å². The zero-order chi connectivity index (χ0) is 19.6. The topological polar surface area (TPSA) is 49.9 Å². The number of carbonyl (C=O) groups excluding carboxylic acids is 2. The summed E-state index contributed by atoms with van der Waals surface area (Å²) in [5, 5.41) is 0. The molecule has 0 N–H and O–H groups in total. The third-order valence-corrected chi connectivity index (χ3v) is 5.49. The predicted octanol–water partition coefficient (Wildman–Crippen LogP) is 3.76. The van der Waals surface area contributed by atoms with Crippen molar-refractivity contribution in [3.8, 4) is 0 Å². The first-order chi connectivity index (χ1) is 12.9. The van der Waals surface area contributed by atoms with Gasteiger partial charge in [0.15, 0.2) is 0 Å². The van der Waals surface area contributed by atoms with E-state index >= 15 is 0 Å². The van der Waals surface area contributed by atoms with E-state index in [1.54, 1.807) is 6.08 Å². The summed E-state index contributed by atoms with van der Waals surface area (Å²) in [4.78, 5) is 29.5. The monoisotopic (exact) mass is 368 g/mol. The van der Waals surface area contributed by atoms with Crippen molar-refractivity contribution in [2.75, 3.05) is 26.1 Å². The molecule has 0 radical (unpaired) electrons. The van der Waals surface area contributed by atoms with Gasteiger partial charge < -0.3 is 14.5 Å². The summed E-state index contributed by atoms with van der Waals surface area (Å²) in [6.07, 6.45) is 7.25. The summed E-state index contributed by atoms with van der Waals surface area (Å²) < 4.78 is 4.98. The Bertz CT molecular complexity index is 784. The van der Waals surface area contributed by atoms with Gasteiger partial charge in [0.25, 0.3) is 5.91 Å². The van der Waals surface area contributed by atoms with Crippen molar-refractivity contribution < 1.29 is 14.3 Å². The van der Waals surface area contributed by atoms with Gasteiger partial charge in [0.05, 0.1) is 18.3 Å². The lowest BCUT2D eigenvalue weighted by atomic mass is 9.94. The maximum absolute atomic E-state index is 13.2. The van der Waals surface area contributed by atoms with E-state index in [1.165, 1.54) is 13.5 Å². The molecule has 0 saturated heterocycles. The number of hydrogen-bond acceptors (Lipinski definition) is 4. The van der Waals surface area contributed by atoms with E-state index < -0.39 is 5.97 Å². The Kier molecular flexibility index (Phi) is 5.68. The van der Waals surface area contributed by atoms with Gasteiger partial charge in [-0.2, -0.15) is 0 Å². The van der Waals surface area contributed by atoms with Crippen LogP contribution in [-0.4, -0.2) is 44.0 Å². The number of hydrogen-bond donors (Lipinski definition) is 0. The van der Waals surface area contributed by atoms with E-state index in [0.29, 0.717) is 11.1 Å². The smallest absolute Gasteiger partial charge is 0.340 e. The fourth-order valence-corrected chi connectivity index (χ4v) is 4.01. The number of benzene rings is 1. The molecule has 1 saturated carbocycles. The molecule has 3 rings (SSSR count). The number of carbonyl (C=O) groups is 2. The average molecular weight is 368 g/mol. The molecule has 27 heavy (non-hydrogen) atoms. The summed E-state index contributed by atoms with van der Waals surface area (Å²) >= 11 is 0. The molecule has 1 aromatic carbocycles. The van der Waals surface area contributed by atoms with E-state index in [9.17, 15) is 9.59 Å². The third-order valence-electron chi connectivity index (χ3n) is 5.49. The number of allylic oxidation sites excluding steroid dienone is 1. The minimum Gasteiger partial charge on any atom is -0.465 e. The van der Waals surface area contributed by atoms with Crippen LogP contribution in [0.4, 0.5) is 5.69 Å². The molecule has 1 aromatic rings. The van der Waals surface area contributed by atoms with Crippen LogP contribution in [0.5, 0.6) is 0 Å². The van der Waals surface area contributed by atoms with Crippen molar-refractivity contribution >= 4 is 23.6 Å². The Morgan fingerprint density at radius 1 is 1.15 bits per heavy atom. The van der Waals surface area contributed by atoms with E-state index in [-0.39, 0.29) is 11.9 Å². The standard InChI is InChI=1S/C22H28N2O3/c1-15-20(22(26)27-4)19(14-16-10-12-17(13-11-16)23(2)3)21(25)24(15)18-8-6-5-7-9-18/h10-14,18H,5-9H2,1-4H3/b19-14+. The number of nitrogens with zero attached hydrogens (tertiary/aromatic N) is 2. The maximum Gasteiger partial charge on any atom is 0.340 e. The Hall–Kier alpha value is -2.56. The van der Waals surface area contributed by atoms with Crippen LogP contribution < -0.4 is 4.90 Å². The lowest BCUT2D eigenvalue weighted by Gasteiger charge is -2.32. The van der Waals surface area contributed by atoms with Crippen molar-refractivity contribution in [1.82, 2.24) is 4.90 Å². The van der Waals surface area contributed by atoms with Crippen LogP contribution >= 0.6 is 0 Å². The second kappa shape index (κ2) is 7.99. The molecule has 144 valence electrons. The van der Waals surface area contributed by atoms with Gasteiger partial charge in [-0.25, -0.2) is 4.79 Å². The van der Waals surface area contributed by atoms with E-state index in [1.807, 2.05) is 55.1 Å². The molecule has 1 amide bonds. The minimum atomic E-state index is -0.449. The minimum absolute atomic E-state index is 0.0866. The van der Waals surface area contributed by atoms with Crippen LogP contribution in [0.2, 0.25) is 0 Å². The molecule has 0 unspecified atom stereocenters. The summed E-state index contributed by atoms with van der Waals surface area (Å²) in [7, 11) is 5.33. The van der Waals surface area contributed by atoms with E-state index in [0.717, 1.165) is 42.6 Å². The van der Waals surface area contributed by atoms with Crippen LogP contribution in [0.3, 0.4) is 0 Å². The molecule has 5 nitrogen and oxygen atoms in total. The predicted molar refractivity (Wildman–Crippen MR) is 107 cm³/mol. The first-order valence-electron chi connectivity index (χ1n) is 9.56. The highest BCUT2D eigenvalue weighted by Gasteiger charge is 2.40. The summed E-state index contributed by atoms with van der Waals surface area (Å²) in [6.45, 7) is 1.86. The number of anilines is 1. The molecule has 0 bridgehead atoms. The summed E-state index contributed by atoms with van der Waals surface area (Å²) in [6, 6.07) is 8.10. The maximum atomic E-state index is 13.2. The van der Waals surface area contributed by atoms with Crippen molar-refractivity contribution in [3.63, 3.8) is 0 Å². The van der Waals surface area contributed by atoms with Crippen LogP contribution in [0.1, 0.15) is 44.6 Å². The Morgan fingerprint density at radius 2 is 1.78 bits per heavy atom. The van der Waals surface area contributed by atoms with Crippen LogP contribution in [0.25, 0.3) is 6.08 Å². The van der Waals surface area contributed by atoms with Crippen molar-refractivity contribution in [2.24, 2.45) is 0 Å². The Balaban J connectivity index is 1.99. The number of amides is 1. The normalized spacial score (nSPS) is 19.8. The molecule has 0 spiro atoms. The number of methoxy groups -OCH3 is 1. The lowest BCUT2D eigenvalue weighted by molar-refractivity contribution is -0.136. The Morgan fingerprint density at radius 3 is 2.33 bits per heavy atom. The highest BCUT2D eigenvalue weighted by molar-refractivity contribution is 6.16. The fraction of sp³-hybridized carbons (Fsp3) is 0.455. The second-order valence-corrected chi connectivity index (χ2v) is 7.46. The largest absolute Gasteiger partial charge is 0.465 e. The molecular formula is C22H28N2O3. The number of esters is 1. The highest BCUT2D eigenvalue weighted by Crippen LogP contribution is 2.36. The van der Waals surface area contributed by atoms with Crippen LogP contribution in [-0.2, 0) is 14.3 Å². The van der Waals surface area contributed by atoms with Gasteiger partial charge in [-0.1, -0.05) is 31.4 Å². The van der Waals surface area contributed by atoms with Gasteiger partial charge in [0.2, 0.25) is 0 Å². The zero-order valence-corrected chi connectivity index (χ0v) is 16.6. The van der Waals surface area contributed by atoms with Gasteiger partial charge in [0, 0.05) is 31.5 Å².